The molecule has 4 rings (SSSR count). The Balaban J connectivity index is 0.00000420. The largest absolute Gasteiger partial charge is 0.573 e. The third-order valence-electron chi connectivity index (χ3n) is 5.85. The van der Waals surface area contributed by atoms with Gasteiger partial charge in [0.1, 0.15) is 0 Å². The van der Waals surface area contributed by atoms with Gasteiger partial charge in [-0.1, -0.05) is 0 Å². The lowest BCUT2D eigenvalue weighted by molar-refractivity contribution is -0.274. The van der Waals surface area contributed by atoms with Crippen LogP contribution in [0.3, 0.4) is 0 Å². The molecule has 0 bridgehead atoms. The number of anilines is 1. The van der Waals surface area contributed by atoms with E-state index in [1.54, 1.807) is 6.07 Å². The van der Waals surface area contributed by atoms with Crippen LogP contribution in [-0.4, -0.2) is 82.6 Å². The molecule has 2 aromatic heterocycles. The number of pyridine rings is 1. The average molecular weight is 569 g/mol. The van der Waals surface area contributed by atoms with Crippen LogP contribution in [0, 0.1) is 5.95 Å². The fourth-order valence-corrected chi connectivity index (χ4v) is 3.84. The van der Waals surface area contributed by atoms with Gasteiger partial charge in [0.2, 0.25) is 11.9 Å². The highest BCUT2D eigenvalue weighted by Gasteiger charge is 2.32. The van der Waals surface area contributed by atoms with Crippen molar-refractivity contribution >= 4 is 29.8 Å². The first-order valence-electron chi connectivity index (χ1n) is 11.6. The van der Waals surface area contributed by atoms with E-state index >= 15 is 0 Å². The molecule has 1 aliphatic rings. The first-order chi connectivity index (χ1) is 18.1. The van der Waals surface area contributed by atoms with Crippen LogP contribution in [0.1, 0.15) is 16.1 Å². The fourth-order valence-electron chi connectivity index (χ4n) is 3.84. The summed E-state index contributed by atoms with van der Waals surface area (Å²) in [6.07, 6.45) is -1.32. The zero-order chi connectivity index (χ0) is 27.3. The van der Waals surface area contributed by atoms with Crippen LogP contribution in [0.15, 0.2) is 48.9 Å². The van der Waals surface area contributed by atoms with Gasteiger partial charge in [0.05, 0.1) is 41.8 Å². The van der Waals surface area contributed by atoms with E-state index in [2.05, 4.69) is 29.9 Å². The first kappa shape index (κ1) is 29.9. The highest BCUT2D eigenvalue weighted by atomic mass is 35.5. The summed E-state index contributed by atoms with van der Waals surface area (Å²) in [5.41, 5.74) is 0.402. The number of amides is 1. The number of Topliss-reactive ketones (excluding diaryl/α,β-unsaturated/α-hetero) is 1. The van der Waals surface area contributed by atoms with Gasteiger partial charge in [-0.15, -0.1) is 25.6 Å². The lowest BCUT2D eigenvalue weighted by Crippen LogP contribution is -2.47. The van der Waals surface area contributed by atoms with Gasteiger partial charge >= 0.3 is 6.36 Å². The van der Waals surface area contributed by atoms with Crippen LogP contribution >= 0.6 is 12.4 Å². The number of aromatic nitrogens is 3. The van der Waals surface area contributed by atoms with Crippen molar-refractivity contribution in [2.24, 2.45) is 0 Å². The van der Waals surface area contributed by atoms with Gasteiger partial charge in [-0.3, -0.25) is 24.5 Å². The Kier molecular flexibility index (Phi) is 9.89. The number of carbonyl (C=O) groups excluding carboxylic acids is 2. The number of piperazine rings is 1. The van der Waals surface area contributed by atoms with Crippen LogP contribution in [0.2, 0.25) is 0 Å². The minimum absolute atomic E-state index is 0. The quantitative estimate of drug-likeness (QED) is 0.250. The van der Waals surface area contributed by atoms with Gasteiger partial charge in [0.25, 0.3) is 0 Å². The van der Waals surface area contributed by atoms with Gasteiger partial charge < -0.3 is 15.0 Å². The lowest BCUT2D eigenvalue weighted by atomic mass is 10.1. The molecule has 0 aliphatic carbocycles. The van der Waals surface area contributed by atoms with E-state index in [0.29, 0.717) is 13.1 Å². The summed E-state index contributed by atoms with van der Waals surface area (Å²) >= 11 is 0. The van der Waals surface area contributed by atoms with E-state index in [1.807, 2.05) is 11.9 Å². The Bertz CT molecular complexity index is 1300. The van der Waals surface area contributed by atoms with Crippen LogP contribution in [0.5, 0.6) is 5.75 Å². The number of rotatable bonds is 8. The van der Waals surface area contributed by atoms with Crippen LogP contribution in [-0.2, 0) is 11.2 Å². The molecule has 1 amide bonds. The van der Waals surface area contributed by atoms with Crippen molar-refractivity contribution in [3.8, 4) is 17.0 Å². The first-order valence-corrected chi connectivity index (χ1v) is 11.6. The number of ketones is 1. The highest BCUT2D eigenvalue weighted by Crippen LogP contribution is 2.31. The second-order valence-corrected chi connectivity index (χ2v) is 8.72. The molecular weight excluding hydrogens is 544 g/mol. The van der Waals surface area contributed by atoms with Crippen LogP contribution in [0.4, 0.5) is 23.2 Å². The van der Waals surface area contributed by atoms with E-state index in [0.717, 1.165) is 25.2 Å². The number of likely N-dealkylation sites (N-methyl/N-ethyl adjacent to an activating group) is 1. The number of carbonyl (C=O) groups is 2. The third kappa shape index (κ3) is 8.40. The minimum Gasteiger partial charge on any atom is -0.404 e. The molecule has 208 valence electrons. The Morgan fingerprint density at radius 3 is 2.44 bits per heavy atom. The lowest BCUT2D eigenvalue weighted by Gasteiger charge is -2.31. The SMILES string of the molecule is CN1CCN(CC(=O)Nc2cc(C(=O)Cc3cnc(-c4cccnc4F)cn3)ccc2OC(F)(F)F)CC1.Cl. The third-order valence-corrected chi connectivity index (χ3v) is 5.85. The molecule has 1 aromatic carbocycles. The Morgan fingerprint density at radius 1 is 1.05 bits per heavy atom. The summed E-state index contributed by atoms with van der Waals surface area (Å²) in [4.78, 5) is 41.3. The molecule has 0 atom stereocenters. The average Bonchev–Trinajstić information content (AvgIpc) is 2.86. The second kappa shape index (κ2) is 12.9. The summed E-state index contributed by atoms with van der Waals surface area (Å²) in [6.45, 7) is 2.79. The highest BCUT2D eigenvalue weighted by molar-refractivity contribution is 6.00. The van der Waals surface area contributed by atoms with Crippen LogP contribution in [0.25, 0.3) is 11.3 Å². The predicted octanol–water partition coefficient (Wildman–Crippen LogP) is 3.61. The molecule has 3 aromatic rings. The maximum atomic E-state index is 13.9. The molecular formula is C25H25ClF4N6O3. The number of hydrogen-bond donors (Lipinski definition) is 1. The summed E-state index contributed by atoms with van der Waals surface area (Å²) in [7, 11) is 1.96. The zero-order valence-electron chi connectivity index (χ0n) is 20.7. The fraction of sp³-hybridized carbons (Fsp3) is 0.320. The van der Waals surface area contributed by atoms with Crippen molar-refractivity contribution in [3.05, 3.63) is 66.1 Å². The number of ether oxygens (including phenoxy) is 1. The summed E-state index contributed by atoms with van der Waals surface area (Å²) < 4.78 is 56.7. The smallest absolute Gasteiger partial charge is 0.404 e. The minimum atomic E-state index is -4.99. The van der Waals surface area contributed by atoms with Crippen molar-refractivity contribution in [2.45, 2.75) is 12.8 Å². The summed E-state index contributed by atoms with van der Waals surface area (Å²) in [5, 5.41) is 2.44. The second-order valence-electron chi connectivity index (χ2n) is 8.72. The van der Waals surface area contributed by atoms with Crippen molar-refractivity contribution in [1.82, 2.24) is 24.8 Å². The van der Waals surface area contributed by atoms with Gasteiger partial charge in [-0.25, -0.2) is 4.98 Å². The maximum Gasteiger partial charge on any atom is 0.573 e. The molecule has 1 fully saturated rings. The van der Waals surface area contributed by atoms with Gasteiger partial charge in [-0.05, 0) is 37.4 Å². The molecule has 1 N–H and O–H groups in total. The van der Waals surface area contributed by atoms with Crippen molar-refractivity contribution in [2.75, 3.05) is 45.1 Å². The molecule has 3 heterocycles. The Labute approximate surface area is 227 Å². The van der Waals surface area contributed by atoms with E-state index in [4.69, 9.17) is 0 Å². The number of halogens is 5. The van der Waals surface area contributed by atoms with Gasteiger partial charge in [-0.2, -0.15) is 4.39 Å². The van der Waals surface area contributed by atoms with Crippen LogP contribution < -0.4 is 10.1 Å². The molecule has 0 spiro atoms. The zero-order valence-corrected chi connectivity index (χ0v) is 21.6. The molecule has 0 saturated carbocycles. The summed E-state index contributed by atoms with van der Waals surface area (Å²) in [5.74, 6) is -2.36. The molecule has 14 heteroatoms. The van der Waals surface area contributed by atoms with Gasteiger partial charge in [0.15, 0.2) is 11.5 Å². The monoisotopic (exact) mass is 568 g/mol. The van der Waals surface area contributed by atoms with Gasteiger partial charge in [0, 0.05) is 44.1 Å². The number of alkyl halides is 3. The Morgan fingerprint density at radius 2 is 1.79 bits per heavy atom. The maximum absolute atomic E-state index is 13.9. The topological polar surface area (TPSA) is 101 Å². The van der Waals surface area contributed by atoms with E-state index in [9.17, 15) is 27.2 Å². The molecule has 0 unspecified atom stereocenters. The predicted molar refractivity (Wildman–Crippen MR) is 136 cm³/mol. The van der Waals surface area contributed by atoms with E-state index < -0.39 is 29.7 Å². The summed E-state index contributed by atoms with van der Waals surface area (Å²) in [6, 6.07) is 6.32. The number of benzene rings is 1. The molecule has 9 nitrogen and oxygen atoms in total. The molecule has 1 aliphatic heterocycles. The standard InChI is InChI=1S/C25H24F4N6O3.ClH/c1-34-7-9-35(10-8-34)15-23(37)33-19-11-16(4-5-22(19)38-25(27,28)29)21(36)12-17-13-32-20(14-31-17)18-3-2-6-30-24(18)26;/h2-6,11,13-14H,7-10,12,15H2,1H3,(H,33,37);1H. The van der Waals surface area contributed by atoms with Crippen molar-refractivity contribution in [3.63, 3.8) is 0 Å². The van der Waals surface area contributed by atoms with Crippen molar-refractivity contribution in [1.29, 1.82) is 0 Å². The molecule has 0 radical (unpaired) electrons. The number of hydrogen-bond acceptors (Lipinski definition) is 8. The number of nitrogens with zero attached hydrogens (tertiary/aromatic N) is 5. The number of nitrogens with one attached hydrogen (secondary N) is 1. The normalized spacial score (nSPS) is 14.4. The molecule has 1 saturated heterocycles. The van der Waals surface area contributed by atoms with Crippen molar-refractivity contribution < 1.29 is 31.9 Å². The van der Waals surface area contributed by atoms with E-state index in [-0.39, 0.29) is 53.6 Å². The molecule has 39 heavy (non-hydrogen) atoms. The van der Waals surface area contributed by atoms with E-state index in [1.165, 1.54) is 30.7 Å². The Hall–Kier alpha value is -3.68.